The van der Waals surface area contributed by atoms with Gasteiger partial charge in [-0.2, -0.15) is 0 Å². The number of anilines is 2. The highest BCUT2D eigenvalue weighted by atomic mass is 16.5. The summed E-state index contributed by atoms with van der Waals surface area (Å²) in [5.41, 5.74) is 6.36. The molecule has 33 heavy (non-hydrogen) atoms. The van der Waals surface area contributed by atoms with E-state index in [1.807, 2.05) is 6.07 Å². The first-order valence-corrected chi connectivity index (χ1v) is 11.6. The van der Waals surface area contributed by atoms with Crippen LogP contribution >= 0.6 is 0 Å². The fraction of sp³-hybridized carbons (Fsp3) is 0.357. The summed E-state index contributed by atoms with van der Waals surface area (Å²) in [5.74, 6) is 0.892. The number of benzene rings is 3. The molecule has 0 aliphatic carbocycles. The summed E-state index contributed by atoms with van der Waals surface area (Å²) in [6, 6.07) is 26.2. The van der Waals surface area contributed by atoms with Gasteiger partial charge >= 0.3 is 0 Å². The first kappa shape index (κ1) is 23.1. The van der Waals surface area contributed by atoms with Crippen molar-refractivity contribution < 1.29 is 9.47 Å². The Morgan fingerprint density at radius 3 is 2.12 bits per heavy atom. The molecule has 3 aromatic carbocycles. The molecule has 0 N–H and O–H groups in total. The molecular weight excluding hydrogens is 410 g/mol. The van der Waals surface area contributed by atoms with Crippen LogP contribution in [-0.4, -0.2) is 52.4 Å². The van der Waals surface area contributed by atoms with Crippen molar-refractivity contribution in [2.75, 3.05) is 57.3 Å². The van der Waals surface area contributed by atoms with Crippen LogP contribution in [0.1, 0.15) is 16.7 Å². The van der Waals surface area contributed by atoms with E-state index in [-0.39, 0.29) is 0 Å². The van der Waals surface area contributed by atoms with Crippen molar-refractivity contribution in [3.63, 3.8) is 0 Å². The average Bonchev–Trinajstić information content (AvgIpc) is 2.84. The van der Waals surface area contributed by atoms with Gasteiger partial charge in [0.15, 0.2) is 0 Å². The van der Waals surface area contributed by atoms with Crippen LogP contribution in [0.2, 0.25) is 0 Å². The van der Waals surface area contributed by atoms with Crippen LogP contribution in [0, 0.1) is 0 Å². The quantitative estimate of drug-likeness (QED) is 0.472. The van der Waals surface area contributed by atoms with E-state index in [0.29, 0.717) is 0 Å². The van der Waals surface area contributed by atoms with Crippen LogP contribution in [0.3, 0.4) is 0 Å². The zero-order chi connectivity index (χ0) is 23.0. The maximum Gasteiger partial charge on any atom is 0.119 e. The number of morpholine rings is 1. The first-order chi connectivity index (χ1) is 16.1. The molecule has 1 saturated heterocycles. The van der Waals surface area contributed by atoms with Gasteiger partial charge in [0.1, 0.15) is 5.75 Å². The van der Waals surface area contributed by atoms with Crippen molar-refractivity contribution >= 4 is 11.4 Å². The van der Waals surface area contributed by atoms with E-state index in [1.54, 1.807) is 7.11 Å². The number of methoxy groups -OCH3 is 1. The molecule has 1 aliphatic rings. The molecule has 5 nitrogen and oxygen atoms in total. The molecule has 4 rings (SSSR count). The summed E-state index contributed by atoms with van der Waals surface area (Å²) < 4.78 is 11.0. The lowest BCUT2D eigenvalue weighted by atomic mass is 10.1. The predicted octanol–water partition coefficient (Wildman–Crippen LogP) is 4.80. The third kappa shape index (κ3) is 6.50. The van der Waals surface area contributed by atoms with Crippen LogP contribution in [0.5, 0.6) is 5.75 Å². The number of hydrogen-bond donors (Lipinski definition) is 0. The zero-order valence-corrected chi connectivity index (χ0v) is 20.0. The highest BCUT2D eigenvalue weighted by Crippen LogP contribution is 2.25. The van der Waals surface area contributed by atoms with Gasteiger partial charge < -0.3 is 24.2 Å². The zero-order valence-electron chi connectivity index (χ0n) is 20.0. The predicted molar refractivity (Wildman–Crippen MR) is 136 cm³/mol. The minimum absolute atomic E-state index is 0.796. The summed E-state index contributed by atoms with van der Waals surface area (Å²) >= 11 is 0. The second-order valence-electron chi connectivity index (χ2n) is 8.88. The molecule has 1 fully saturated rings. The van der Waals surface area contributed by atoms with Gasteiger partial charge in [0.05, 0.1) is 20.3 Å². The van der Waals surface area contributed by atoms with Crippen molar-refractivity contribution in [2.45, 2.75) is 19.6 Å². The number of hydrogen-bond acceptors (Lipinski definition) is 5. The minimum Gasteiger partial charge on any atom is -0.497 e. The Hall–Kier alpha value is -3.02. The Morgan fingerprint density at radius 2 is 1.42 bits per heavy atom. The summed E-state index contributed by atoms with van der Waals surface area (Å²) in [5, 5.41) is 0. The normalized spacial score (nSPS) is 13.9. The maximum atomic E-state index is 5.53. The van der Waals surface area contributed by atoms with Gasteiger partial charge in [-0.15, -0.1) is 0 Å². The van der Waals surface area contributed by atoms with Crippen LogP contribution in [0.25, 0.3) is 0 Å². The Kier molecular flexibility index (Phi) is 7.87. The molecule has 0 bridgehead atoms. The molecule has 0 atom stereocenters. The highest BCUT2D eigenvalue weighted by molar-refractivity contribution is 5.53. The van der Waals surface area contributed by atoms with Gasteiger partial charge in [0.2, 0.25) is 0 Å². The van der Waals surface area contributed by atoms with E-state index >= 15 is 0 Å². The fourth-order valence-corrected chi connectivity index (χ4v) is 4.34. The summed E-state index contributed by atoms with van der Waals surface area (Å²) in [7, 11) is 5.94. The number of rotatable bonds is 9. The molecule has 0 saturated carbocycles. The third-order valence-corrected chi connectivity index (χ3v) is 5.94. The van der Waals surface area contributed by atoms with Crippen molar-refractivity contribution in [3.8, 4) is 5.75 Å². The SMILES string of the molecule is COc1cccc(CN(Cc2cccc(N3CCOCC3)c2)c2cccc(CN(C)C)c2)c1. The molecule has 1 aliphatic heterocycles. The molecule has 174 valence electrons. The maximum absolute atomic E-state index is 5.53. The summed E-state index contributed by atoms with van der Waals surface area (Å²) in [6.45, 7) is 6.06. The Labute approximate surface area is 198 Å². The highest BCUT2D eigenvalue weighted by Gasteiger charge is 2.14. The molecule has 1 heterocycles. The van der Waals surface area contributed by atoms with Crippen LogP contribution in [0.15, 0.2) is 72.8 Å². The van der Waals surface area contributed by atoms with Gasteiger partial charge in [0.25, 0.3) is 0 Å². The topological polar surface area (TPSA) is 28.2 Å². The summed E-state index contributed by atoms with van der Waals surface area (Å²) in [4.78, 5) is 7.07. The third-order valence-electron chi connectivity index (χ3n) is 5.94. The van der Waals surface area contributed by atoms with E-state index < -0.39 is 0 Å². The Bertz CT molecular complexity index is 1030. The molecule has 0 unspecified atom stereocenters. The molecule has 0 spiro atoms. The van der Waals surface area contributed by atoms with Crippen LogP contribution in [0.4, 0.5) is 11.4 Å². The first-order valence-electron chi connectivity index (χ1n) is 11.6. The monoisotopic (exact) mass is 445 g/mol. The van der Waals surface area contributed by atoms with Crippen molar-refractivity contribution in [2.24, 2.45) is 0 Å². The largest absolute Gasteiger partial charge is 0.497 e. The summed E-state index contributed by atoms with van der Waals surface area (Å²) in [6.07, 6.45) is 0. The number of ether oxygens (including phenoxy) is 2. The molecule has 5 heteroatoms. The van der Waals surface area contributed by atoms with Crippen molar-refractivity contribution in [1.82, 2.24) is 4.90 Å². The van der Waals surface area contributed by atoms with Gasteiger partial charge in [-0.05, 0) is 67.2 Å². The van der Waals surface area contributed by atoms with E-state index in [9.17, 15) is 0 Å². The van der Waals surface area contributed by atoms with E-state index in [0.717, 1.165) is 51.7 Å². The molecule has 3 aromatic rings. The van der Waals surface area contributed by atoms with E-state index in [2.05, 4.69) is 95.5 Å². The van der Waals surface area contributed by atoms with E-state index in [4.69, 9.17) is 9.47 Å². The molecule has 0 radical (unpaired) electrons. The lowest BCUT2D eigenvalue weighted by Gasteiger charge is -2.30. The molecule has 0 amide bonds. The fourth-order valence-electron chi connectivity index (χ4n) is 4.34. The average molecular weight is 446 g/mol. The minimum atomic E-state index is 0.796. The van der Waals surface area contributed by atoms with Crippen molar-refractivity contribution in [3.05, 3.63) is 89.5 Å². The van der Waals surface area contributed by atoms with Crippen LogP contribution < -0.4 is 14.5 Å². The smallest absolute Gasteiger partial charge is 0.119 e. The second kappa shape index (κ2) is 11.2. The second-order valence-corrected chi connectivity index (χ2v) is 8.88. The van der Waals surface area contributed by atoms with Crippen LogP contribution in [-0.2, 0) is 24.4 Å². The molecular formula is C28H35N3O2. The lowest BCUT2D eigenvalue weighted by Crippen LogP contribution is -2.36. The molecule has 0 aromatic heterocycles. The Balaban J connectivity index is 1.61. The standard InChI is InChI=1S/C28H35N3O2/c1-29(2)20-23-7-4-11-27(17-23)31(22-25-9-6-12-28(19-25)32-3)21-24-8-5-10-26(18-24)30-13-15-33-16-14-30/h4-12,17-19H,13-16,20-22H2,1-3H3. The van der Waals surface area contributed by atoms with Gasteiger partial charge in [0, 0.05) is 44.1 Å². The van der Waals surface area contributed by atoms with Gasteiger partial charge in [-0.1, -0.05) is 36.4 Å². The lowest BCUT2D eigenvalue weighted by molar-refractivity contribution is 0.122. The van der Waals surface area contributed by atoms with E-state index in [1.165, 1.54) is 28.1 Å². The Morgan fingerprint density at radius 1 is 0.788 bits per heavy atom. The number of nitrogens with zero attached hydrogens (tertiary/aromatic N) is 3. The van der Waals surface area contributed by atoms with Crippen molar-refractivity contribution in [1.29, 1.82) is 0 Å². The van der Waals surface area contributed by atoms with Gasteiger partial charge in [-0.25, -0.2) is 0 Å². The van der Waals surface area contributed by atoms with Gasteiger partial charge in [-0.3, -0.25) is 0 Å².